The normalized spacial score (nSPS) is 10.4. The average molecular weight is 268 g/mol. The van der Waals surface area contributed by atoms with Crippen molar-refractivity contribution in [2.24, 2.45) is 0 Å². The summed E-state index contributed by atoms with van der Waals surface area (Å²) in [6.45, 7) is 5.89. The van der Waals surface area contributed by atoms with E-state index >= 15 is 0 Å². The second-order valence-corrected chi connectivity index (χ2v) is 4.10. The highest BCUT2D eigenvalue weighted by atomic mass is 16.5. The molecule has 0 unspecified atom stereocenters. The fraction of sp³-hybridized carbons (Fsp3) is 0.692. The Bertz CT molecular complexity index is 336. The molecule has 0 amide bonds. The number of ether oxygens (including phenoxy) is 2. The summed E-state index contributed by atoms with van der Waals surface area (Å²) in [7, 11) is 1.67. The smallest absolute Gasteiger partial charge is 0.131 e. The predicted octanol–water partition coefficient (Wildman–Crippen LogP) is 1.76. The topological polar surface area (TPSA) is 68.3 Å². The zero-order chi connectivity index (χ0) is 13.8. The van der Waals surface area contributed by atoms with Crippen LogP contribution in [0.1, 0.15) is 19.8 Å². The van der Waals surface area contributed by atoms with E-state index in [1.54, 1.807) is 13.4 Å². The minimum atomic E-state index is 0.645. The Labute approximate surface area is 114 Å². The second-order valence-electron chi connectivity index (χ2n) is 4.10. The van der Waals surface area contributed by atoms with E-state index in [1.165, 1.54) is 0 Å². The van der Waals surface area contributed by atoms with Gasteiger partial charge in [-0.3, -0.25) is 0 Å². The van der Waals surface area contributed by atoms with Gasteiger partial charge in [0.1, 0.15) is 18.0 Å². The third kappa shape index (κ3) is 7.58. The molecule has 6 heteroatoms. The molecule has 0 aliphatic rings. The molecule has 6 nitrogen and oxygen atoms in total. The highest BCUT2D eigenvalue weighted by Gasteiger charge is 1.97. The van der Waals surface area contributed by atoms with E-state index in [0.29, 0.717) is 13.2 Å². The molecule has 0 fully saturated rings. The van der Waals surface area contributed by atoms with Gasteiger partial charge in [-0.05, 0) is 12.8 Å². The summed E-state index contributed by atoms with van der Waals surface area (Å²) in [5.41, 5.74) is 0. The van der Waals surface area contributed by atoms with Crippen LogP contribution in [0.15, 0.2) is 12.4 Å². The van der Waals surface area contributed by atoms with Crippen molar-refractivity contribution in [2.45, 2.75) is 19.8 Å². The van der Waals surface area contributed by atoms with E-state index in [4.69, 9.17) is 9.47 Å². The summed E-state index contributed by atoms with van der Waals surface area (Å²) in [6.07, 6.45) is 3.58. The van der Waals surface area contributed by atoms with Crippen LogP contribution in [0.3, 0.4) is 0 Å². The third-order valence-corrected chi connectivity index (χ3v) is 2.43. The molecule has 0 saturated carbocycles. The number of methoxy groups -OCH3 is 1. The van der Waals surface area contributed by atoms with Crippen LogP contribution in [-0.2, 0) is 9.47 Å². The molecule has 1 heterocycles. The molecule has 0 saturated heterocycles. The lowest BCUT2D eigenvalue weighted by Crippen LogP contribution is -2.10. The first kappa shape index (κ1) is 15.7. The van der Waals surface area contributed by atoms with E-state index in [9.17, 15) is 0 Å². The molecule has 0 radical (unpaired) electrons. The summed E-state index contributed by atoms with van der Waals surface area (Å²) in [6, 6.07) is 1.92. The lowest BCUT2D eigenvalue weighted by atomic mass is 10.4. The van der Waals surface area contributed by atoms with Crippen LogP contribution in [0.2, 0.25) is 0 Å². The van der Waals surface area contributed by atoms with E-state index in [0.717, 1.165) is 44.2 Å². The van der Waals surface area contributed by atoms with Crippen molar-refractivity contribution in [3.8, 4) is 0 Å². The molecule has 0 aromatic carbocycles. The van der Waals surface area contributed by atoms with Gasteiger partial charge in [0.05, 0.1) is 13.2 Å². The van der Waals surface area contributed by atoms with Gasteiger partial charge in [0.15, 0.2) is 0 Å². The summed E-state index contributed by atoms with van der Waals surface area (Å²) in [4.78, 5) is 8.33. The molecule has 19 heavy (non-hydrogen) atoms. The van der Waals surface area contributed by atoms with Crippen molar-refractivity contribution >= 4 is 11.6 Å². The number of hydrogen-bond acceptors (Lipinski definition) is 6. The van der Waals surface area contributed by atoms with Crippen LogP contribution in [0.5, 0.6) is 0 Å². The Morgan fingerprint density at radius 3 is 2.47 bits per heavy atom. The van der Waals surface area contributed by atoms with E-state index < -0.39 is 0 Å². The average Bonchev–Trinajstić information content (AvgIpc) is 2.44. The predicted molar refractivity (Wildman–Crippen MR) is 76.6 cm³/mol. The van der Waals surface area contributed by atoms with Crippen LogP contribution in [0.4, 0.5) is 11.6 Å². The van der Waals surface area contributed by atoms with Gasteiger partial charge in [-0.15, -0.1) is 0 Å². The zero-order valence-electron chi connectivity index (χ0n) is 11.8. The van der Waals surface area contributed by atoms with Gasteiger partial charge >= 0.3 is 0 Å². The Morgan fingerprint density at radius 2 is 1.79 bits per heavy atom. The van der Waals surface area contributed by atoms with Crippen molar-refractivity contribution in [1.29, 1.82) is 0 Å². The number of hydrogen-bond donors (Lipinski definition) is 2. The fourth-order valence-corrected chi connectivity index (χ4v) is 1.44. The van der Waals surface area contributed by atoms with Crippen molar-refractivity contribution in [3.05, 3.63) is 12.4 Å². The van der Waals surface area contributed by atoms with Crippen LogP contribution in [0.25, 0.3) is 0 Å². The molecule has 0 aliphatic carbocycles. The quantitative estimate of drug-likeness (QED) is 0.596. The van der Waals surface area contributed by atoms with Crippen LogP contribution in [-0.4, -0.2) is 50.0 Å². The second kappa shape index (κ2) is 10.5. The number of anilines is 2. The van der Waals surface area contributed by atoms with Crippen molar-refractivity contribution in [3.63, 3.8) is 0 Å². The first-order chi connectivity index (χ1) is 9.36. The molecule has 1 rings (SSSR count). The number of nitrogens with one attached hydrogen (secondary N) is 2. The fourth-order valence-electron chi connectivity index (χ4n) is 1.44. The van der Waals surface area contributed by atoms with Gasteiger partial charge in [-0.2, -0.15) is 0 Å². The maximum atomic E-state index is 5.38. The molecule has 0 bridgehead atoms. The number of aromatic nitrogens is 2. The SMILES string of the molecule is CCCNc1cc(NCCCOCCOC)ncn1. The molecule has 0 atom stereocenters. The number of rotatable bonds is 11. The van der Waals surface area contributed by atoms with Crippen LogP contribution < -0.4 is 10.6 Å². The Kier molecular flexibility index (Phi) is 8.67. The molecule has 0 aliphatic heterocycles. The summed E-state index contributed by atoms with van der Waals surface area (Å²) in [5.74, 6) is 1.70. The molecular weight excluding hydrogens is 244 g/mol. The molecule has 0 spiro atoms. The molecule has 2 N–H and O–H groups in total. The van der Waals surface area contributed by atoms with Gasteiger partial charge in [-0.25, -0.2) is 9.97 Å². The van der Waals surface area contributed by atoms with Crippen LogP contribution in [0, 0.1) is 0 Å². The first-order valence-corrected chi connectivity index (χ1v) is 6.73. The lowest BCUT2D eigenvalue weighted by Gasteiger charge is -2.08. The van der Waals surface area contributed by atoms with Gasteiger partial charge in [0.2, 0.25) is 0 Å². The van der Waals surface area contributed by atoms with Crippen molar-refractivity contribution in [2.75, 3.05) is 50.7 Å². The minimum absolute atomic E-state index is 0.645. The molecule has 1 aromatic heterocycles. The summed E-state index contributed by atoms with van der Waals surface area (Å²) >= 11 is 0. The van der Waals surface area contributed by atoms with Crippen LogP contribution >= 0.6 is 0 Å². The number of nitrogens with zero attached hydrogens (tertiary/aromatic N) is 2. The Hall–Kier alpha value is -1.40. The highest BCUT2D eigenvalue weighted by molar-refractivity contribution is 5.46. The maximum Gasteiger partial charge on any atom is 0.131 e. The largest absolute Gasteiger partial charge is 0.382 e. The standard InChI is InChI=1S/C13H24N4O2/c1-3-5-14-12-10-13(17-11-16-12)15-6-4-7-19-9-8-18-2/h10-11H,3-9H2,1-2H3,(H2,14,15,16,17). The van der Waals surface area contributed by atoms with E-state index in [-0.39, 0.29) is 0 Å². The van der Waals surface area contributed by atoms with Gasteiger partial charge in [-0.1, -0.05) is 6.92 Å². The Balaban J connectivity index is 2.14. The monoisotopic (exact) mass is 268 g/mol. The Morgan fingerprint density at radius 1 is 1.05 bits per heavy atom. The van der Waals surface area contributed by atoms with E-state index in [1.807, 2.05) is 6.07 Å². The maximum absolute atomic E-state index is 5.38. The summed E-state index contributed by atoms with van der Waals surface area (Å²) < 4.78 is 10.3. The summed E-state index contributed by atoms with van der Waals surface area (Å²) in [5, 5.41) is 6.48. The first-order valence-electron chi connectivity index (χ1n) is 6.73. The van der Waals surface area contributed by atoms with Crippen molar-refractivity contribution in [1.82, 2.24) is 9.97 Å². The molecule has 108 valence electrons. The highest BCUT2D eigenvalue weighted by Crippen LogP contribution is 2.08. The van der Waals surface area contributed by atoms with Crippen molar-refractivity contribution < 1.29 is 9.47 Å². The minimum Gasteiger partial charge on any atom is -0.382 e. The zero-order valence-corrected chi connectivity index (χ0v) is 11.8. The third-order valence-electron chi connectivity index (χ3n) is 2.43. The van der Waals surface area contributed by atoms with Gasteiger partial charge < -0.3 is 20.1 Å². The van der Waals surface area contributed by atoms with E-state index in [2.05, 4.69) is 27.5 Å². The van der Waals surface area contributed by atoms with Gasteiger partial charge in [0.25, 0.3) is 0 Å². The molecular formula is C13H24N4O2. The lowest BCUT2D eigenvalue weighted by molar-refractivity contribution is 0.0705. The molecule has 1 aromatic rings. The van der Waals surface area contributed by atoms with Gasteiger partial charge in [0, 0.05) is 32.9 Å².